The standard InChI is InChI=1S/C13H12NS/c15-14(13-9-5-2-6-10-13)11-12-7-3-1-4-8-12/h1,3-10,15H,11H2. The predicted molar refractivity (Wildman–Crippen MR) is 66.9 cm³/mol. The minimum absolute atomic E-state index is 0.800. The van der Waals surface area contributed by atoms with Gasteiger partial charge in [0.15, 0.2) is 0 Å². The average molecular weight is 214 g/mol. The Kier molecular flexibility index (Phi) is 3.30. The Labute approximate surface area is 95.9 Å². The maximum Gasteiger partial charge on any atom is 0.0543 e. The normalized spacial score (nSPS) is 9.93. The molecule has 75 valence electrons. The number of anilines is 1. The highest BCUT2D eigenvalue weighted by atomic mass is 32.1. The molecule has 0 atom stereocenters. The highest BCUT2D eigenvalue weighted by molar-refractivity contribution is 7.81. The summed E-state index contributed by atoms with van der Waals surface area (Å²) in [7, 11) is 0. The molecule has 1 nitrogen and oxygen atoms in total. The van der Waals surface area contributed by atoms with Crippen LogP contribution in [0.15, 0.2) is 54.6 Å². The van der Waals surface area contributed by atoms with Crippen LogP contribution in [0.2, 0.25) is 0 Å². The van der Waals surface area contributed by atoms with Gasteiger partial charge in [0.2, 0.25) is 0 Å². The number of benzene rings is 2. The predicted octanol–water partition coefficient (Wildman–Crippen LogP) is 3.34. The van der Waals surface area contributed by atoms with Crippen LogP contribution in [-0.4, -0.2) is 0 Å². The van der Waals surface area contributed by atoms with Crippen molar-refractivity contribution < 1.29 is 0 Å². The summed E-state index contributed by atoms with van der Waals surface area (Å²) in [6.07, 6.45) is 0. The molecule has 0 aromatic heterocycles. The van der Waals surface area contributed by atoms with Crippen LogP contribution in [0.25, 0.3) is 0 Å². The average Bonchev–Trinajstić information content (AvgIpc) is 2.31. The van der Waals surface area contributed by atoms with Crippen molar-refractivity contribution in [1.82, 2.24) is 0 Å². The first-order valence-corrected chi connectivity index (χ1v) is 5.23. The molecule has 0 heterocycles. The van der Waals surface area contributed by atoms with E-state index in [1.54, 1.807) is 0 Å². The minimum Gasteiger partial charge on any atom is -0.314 e. The molecular weight excluding hydrogens is 202 g/mol. The molecule has 0 unspecified atom stereocenters. The topological polar surface area (TPSA) is 3.24 Å². The van der Waals surface area contributed by atoms with Gasteiger partial charge in [0.05, 0.1) is 6.54 Å². The summed E-state index contributed by atoms with van der Waals surface area (Å²) >= 11 is 4.45. The summed E-state index contributed by atoms with van der Waals surface area (Å²) in [6.45, 7) is 0.800. The minimum atomic E-state index is 0.800. The van der Waals surface area contributed by atoms with Gasteiger partial charge < -0.3 is 4.31 Å². The van der Waals surface area contributed by atoms with Crippen molar-refractivity contribution in [2.24, 2.45) is 0 Å². The van der Waals surface area contributed by atoms with Gasteiger partial charge in [0.25, 0.3) is 0 Å². The highest BCUT2D eigenvalue weighted by Gasteiger charge is 2.01. The Hall–Kier alpha value is -1.41. The van der Waals surface area contributed by atoms with E-state index >= 15 is 0 Å². The largest absolute Gasteiger partial charge is 0.314 e. The van der Waals surface area contributed by atoms with Gasteiger partial charge in [-0.25, -0.2) is 0 Å². The molecule has 1 radical (unpaired) electrons. The molecule has 2 aromatic carbocycles. The van der Waals surface area contributed by atoms with E-state index in [-0.39, 0.29) is 0 Å². The Morgan fingerprint density at radius 2 is 1.67 bits per heavy atom. The maximum absolute atomic E-state index is 4.45. The molecule has 15 heavy (non-hydrogen) atoms. The van der Waals surface area contributed by atoms with Gasteiger partial charge >= 0.3 is 0 Å². The second-order valence-corrected chi connectivity index (χ2v) is 3.78. The van der Waals surface area contributed by atoms with E-state index in [4.69, 9.17) is 0 Å². The van der Waals surface area contributed by atoms with Crippen LogP contribution in [0.4, 0.5) is 5.69 Å². The Bertz CT molecular complexity index is 399. The van der Waals surface area contributed by atoms with Crippen LogP contribution in [-0.2, 0) is 6.54 Å². The fourth-order valence-corrected chi connectivity index (χ4v) is 1.69. The van der Waals surface area contributed by atoms with Crippen molar-refractivity contribution in [3.8, 4) is 0 Å². The second kappa shape index (κ2) is 4.89. The molecule has 0 fully saturated rings. The quantitative estimate of drug-likeness (QED) is 0.767. The third kappa shape index (κ3) is 2.77. The molecule has 0 N–H and O–H groups in total. The zero-order chi connectivity index (χ0) is 10.5. The van der Waals surface area contributed by atoms with E-state index in [1.807, 2.05) is 46.8 Å². The van der Waals surface area contributed by atoms with Crippen LogP contribution >= 0.6 is 12.8 Å². The first-order valence-electron chi connectivity index (χ1n) is 4.83. The summed E-state index contributed by atoms with van der Waals surface area (Å²) in [4.78, 5) is 0. The van der Waals surface area contributed by atoms with Gasteiger partial charge in [0.1, 0.15) is 0 Å². The molecule has 0 spiro atoms. The summed E-state index contributed by atoms with van der Waals surface area (Å²) in [5, 5.41) is 0. The van der Waals surface area contributed by atoms with E-state index in [9.17, 15) is 0 Å². The van der Waals surface area contributed by atoms with E-state index in [0.717, 1.165) is 12.2 Å². The fraction of sp³-hybridized carbons (Fsp3) is 0.0769. The van der Waals surface area contributed by atoms with Gasteiger partial charge in [-0.2, -0.15) is 0 Å². The second-order valence-electron chi connectivity index (χ2n) is 3.30. The SMILES string of the molecule is SN(Cc1ccccc1)c1cc[c]cc1. The van der Waals surface area contributed by atoms with E-state index < -0.39 is 0 Å². The molecule has 2 aromatic rings. The lowest BCUT2D eigenvalue weighted by Gasteiger charge is -2.17. The molecule has 0 bridgehead atoms. The highest BCUT2D eigenvalue weighted by Crippen LogP contribution is 2.17. The van der Waals surface area contributed by atoms with Crippen molar-refractivity contribution in [1.29, 1.82) is 0 Å². The lowest BCUT2D eigenvalue weighted by Crippen LogP contribution is -2.09. The fourth-order valence-electron chi connectivity index (χ4n) is 1.40. The molecule has 0 aliphatic rings. The number of hydrogen-bond donors (Lipinski definition) is 1. The van der Waals surface area contributed by atoms with Gasteiger partial charge in [-0.3, -0.25) is 0 Å². The van der Waals surface area contributed by atoms with Gasteiger partial charge in [-0.05, 0) is 23.8 Å². The first-order chi connectivity index (χ1) is 7.36. The Morgan fingerprint density at radius 1 is 1.00 bits per heavy atom. The molecule has 0 aliphatic carbocycles. The maximum atomic E-state index is 4.45. The summed E-state index contributed by atoms with van der Waals surface area (Å²) in [6, 6.07) is 21.1. The molecule has 0 saturated carbocycles. The van der Waals surface area contributed by atoms with E-state index in [1.165, 1.54) is 5.56 Å². The molecule has 2 heteroatoms. The smallest absolute Gasteiger partial charge is 0.0543 e. The van der Waals surface area contributed by atoms with Crippen LogP contribution in [0.3, 0.4) is 0 Å². The lowest BCUT2D eigenvalue weighted by atomic mass is 10.2. The van der Waals surface area contributed by atoms with Crippen LogP contribution < -0.4 is 4.31 Å². The molecule has 0 amide bonds. The number of nitrogens with zero attached hydrogens (tertiary/aromatic N) is 1. The van der Waals surface area contributed by atoms with Crippen LogP contribution in [0.1, 0.15) is 5.56 Å². The first kappa shape index (κ1) is 10.1. The lowest BCUT2D eigenvalue weighted by molar-refractivity contribution is 1.06. The third-order valence-electron chi connectivity index (χ3n) is 2.17. The monoisotopic (exact) mass is 214 g/mol. The van der Waals surface area contributed by atoms with Crippen molar-refractivity contribution in [2.75, 3.05) is 4.31 Å². The summed E-state index contributed by atoms with van der Waals surface area (Å²) < 4.78 is 1.92. The molecular formula is C13H12NS. The Balaban J connectivity index is 2.08. The zero-order valence-corrected chi connectivity index (χ0v) is 9.19. The summed E-state index contributed by atoms with van der Waals surface area (Å²) in [5.41, 5.74) is 2.33. The van der Waals surface area contributed by atoms with E-state index in [2.05, 4.69) is 31.0 Å². The molecule has 0 saturated heterocycles. The van der Waals surface area contributed by atoms with E-state index in [0.29, 0.717) is 0 Å². The van der Waals surface area contributed by atoms with Crippen molar-refractivity contribution >= 4 is 18.5 Å². The van der Waals surface area contributed by atoms with Gasteiger partial charge in [-0.1, -0.05) is 55.3 Å². The number of rotatable bonds is 3. The zero-order valence-electron chi connectivity index (χ0n) is 8.30. The van der Waals surface area contributed by atoms with Crippen molar-refractivity contribution in [3.63, 3.8) is 0 Å². The molecule has 2 rings (SSSR count). The number of thiol groups is 1. The summed E-state index contributed by atoms with van der Waals surface area (Å²) in [5.74, 6) is 0. The van der Waals surface area contributed by atoms with Gasteiger partial charge in [0, 0.05) is 5.69 Å². The van der Waals surface area contributed by atoms with Crippen LogP contribution in [0.5, 0.6) is 0 Å². The number of hydrogen-bond acceptors (Lipinski definition) is 2. The Morgan fingerprint density at radius 3 is 2.33 bits per heavy atom. The van der Waals surface area contributed by atoms with Gasteiger partial charge in [-0.15, -0.1) is 0 Å². The molecule has 0 aliphatic heterocycles. The van der Waals surface area contributed by atoms with Crippen LogP contribution in [0, 0.1) is 6.07 Å². The third-order valence-corrected chi connectivity index (χ3v) is 2.55. The van der Waals surface area contributed by atoms with Crippen molar-refractivity contribution in [3.05, 3.63) is 66.2 Å². The van der Waals surface area contributed by atoms with Crippen molar-refractivity contribution in [2.45, 2.75) is 6.54 Å².